The second-order valence-electron chi connectivity index (χ2n) is 3.49. The van der Waals surface area contributed by atoms with E-state index in [1.165, 1.54) is 24.3 Å². The zero-order valence-electron chi connectivity index (χ0n) is 9.69. The van der Waals surface area contributed by atoms with Gasteiger partial charge in [0.05, 0.1) is 4.92 Å². The van der Waals surface area contributed by atoms with E-state index in [1.54, 1.807) is 0 Å². The van der Waals surface area contributed by atoms with E-state index in [1.807, 2.05) is 5.32 Å². The van der Waals surface area contributed by atoms with Crippen LogP contribution in [0.3, 0.4) is 0 Å². The molecule has 0 unspecified atom stereocenters. The summed E-state index contributed by atoms with van der Waals surface area (Å²) < 4.78 is 15.3. The third-order valence-corrected chi connectivity index (χ3v) is 2.61. The molecule has 6 nitrogen and oxygen atoms in total. The highest BCUT2D eigenvalue weighted by Crippen LogP contribution is 2.32. The Morgan fingerprint density at radius 3 is 2.35 bits per heavy atom. The number of non-ortho nitro benzene ring substituents is 1. The molecule has 1 amide bonds. The van der Waals surface area contributed by atoms with Crippen molar-refractivity contribution in [3.63, 3.8) is 0 Å². The number of alkyl halides is 4. The van der Waals surface area contributed by atoms with Gasteiger partial charge in [-0.2, -0.15) is 0 Å². The van der Waals surface area contributed by atoms with Crippen LogP contribution in [0.4, 0.5) is 10.1 Å². The van der Waals surface area contributed by atoms with E-state index in [4.69, 9.17) is 39.5 Å². The number of hydrogen-bond acceptors (Lipinski definition) is 4. The zero-order chi connectivity index (χ0) is 15.3. The van der Waals surface area contributed by atoms with Gasteiger partial charge in [0.25, 0.3) is 11.6 Å². The molecule has 0 aliphatic carbocycles. The second kappa shape index (κ2) is 6.92. The van der Waals surface area contributed by atoms with Gasteiger partial charge in [-0.25, -0.2) is 4.39 Å². The van der Waals surface area contributed by atoms with Crippen LogP contribution >= 0.6 is 34.8 Å². The monoisotopic (exact) mass is 344 g/mol. The lowest BCUT2D eigenvalue weighted by molar-refractivity contribution is -0.384. The van der Waals surface area contributed by atoms with Crippen molar-refractivity contribution in [1.82, 2.24) is 5.32 Å². The normalized spacial score (nSPS) is 12.6. The number of nitro benzene ring substituents is 1. The largest absolute Gasteiger partial charge is 0.466 e. The summed E-state index contributed by atoms with van der Waals surface area (Å²) in [5.41, 5.74) is -0.157. The fourth-order valence-corrected chi connectivity index (χ4v) is 1.44. The molecule has 1 rings (SSSR count). The van der Waals surface area contributed by atoms with Crippen molar-refractivity contribution in [3.05, 3.63) is 34.4 Å². The van der Waals surface area contributed by atoms with Gasteiger partial charge < -0.3 is 10.1 Å². The summed E-state index contributed by atoms with van der Waals surface area (Å²) >= 11 is 16.8. The Hall–Kier alpha value is -1.31. The number of carbonyl (C=O) groups is 1. The van der Waals surface area contributed by atoms with Gasteiger partial charge in [-0.15, -0.1) is 0 Å². The number of ether oxygens (including phenoxy) is 1. The molecule has 20 heavy (non-hydrogen) atoms. The van der Waals surface area contributed by atoms with Crippen molar-refractivity contribution in [2.75, 3.05) is 6.67 Å². The summed E-state index contributed by atoms with van der Waals surface area (Å²) in [6.45, 7) is -1.30. The van der Waals surface area contributed by atoms with Gasteiger partial charge in [-0.05, 0) is 12.1 Å². The molecule has 1 atom stereocenters. The van der Waals surface area contributed by atoms with E-state index in [9.17, 15) is 19.3 Å². The Morgan fingerprint density at radius 2 is 1.95 bits per heavy atom. The van der Waals surface area contributed by atoms with Crippen molar-refractivity contribution >= 4 is 46.4 Å². The van der Waals surface area contributed by atoms with E-state index >= 15 is 0 Å². The quantitative estimate of drug-likeness (QED) is 0.385. The standard InChI is InChI=1S/C10H8Cl3FN2O4/c11-10(12,13)9(15-8(17)5-14)20-7-3-1-6(2-4-7)16(18)19/h1-4,9H,5H2,(H,15,17)/t9-/m1/s1. The highest BCUT2D eigenvalue weighted by Gasteiger charge is 2.36. The molecule has 1 aromatic rings. The first-order valence-electron chi connectivity index (χ1n) is 5.07. The summed E-state index contributed by atoms with van der Waals surface area (Å²) in [6.07, 6.45) is -1.45. The number of nitro groups is 1. The van der Waals surface area contributed by atoms with Gasteiger partial charge in [0.15, 0.2) is 6.67 Å². The van der Waals surface area contributed by atoms with E-state index in [-0.39, 0.29) is 11.4 Å². The Morgan fingerprint density at radius 1 is 1.40 bits per heavy atom. The van der Waals surface area contributed by atoms with Crippen molar-refractivity contribution < 1.29 is 18.8 Å². The van der Waals surface area contributed by atoms with Crippen LogP contribution in [0, 0.1) is 10.1 Å². The molecule has 0 bridgehead atoms. The second-order valence-corrected chi connectivity index (χ2v) is 5.86. The summed E-state index contributed by atoms with van der Waals surface area (Å²) in [7, 11) is 0. The first kappa shape index (κ1) is 16.7. The predicted molar refractivity (Wildman–Crippen MR) is 71.9 cm³/mol. The van der Waals surface area contributed by atoms with Gasteiger partial charge >= 0.3 is 0 Å². The maximum Gasteiger partial charge on any atom is 0.269 e. The summed E-state index contributed by atoms with van der Waals surface area (Å²) in [6, 6.07) is 4.84. The average Bonchev–Trinajstić information content (AvgIpc) is 2.37. The molecule has 0 aromatic heterocycles. The lowest BCUT2D eigenvalue weighted by Gasteiger charge is -2.25. The molecule has 110 valence electrons. The minimum Gasteiger partial charge on any atom is -0.466 e. The molecule has 0 saturated heterocycles. The highest BCUT2D eigenvalue weighted by molar-refractivity contribution is 6.68. The Balaban J connectivity index is 2.84. The van der Waals surface area contributed by atoms with E-state index < -0.39 is 27.5 Å². The van der Waals surface area contributed by atoms with Crippen molar-refractivity contribution in [1.29, 1.82) is 0 Å². The molecule has 10 heteroatoms. The molecule has 0 spiro atoms. The lowest BCUT2D eigenvalue weighted by atomic mass is 10.3. The van der Waals surface area contributed by atoms with Gasteiger partial charge in [-0.1, -0.05) is 34.8 Å². The van der Waals surface area contributed by atoms with E-state index in [0.29, 0.717) is 0 Å². The summed E-state index contributed by atoms with van der Waals surface area (Å²) in [5, 5.41) is 12.5. The Kier molecular flexibility index (Phi) is 5.79. The minimum atomic E-state index is -2.05. The number of amides is 1. The Bertz CT molecular complexity index is 492. The van der Waals surface area contributed by atoms with Crippen LogP contribution in [0.25, 0.3) is 0 Å². The van der Waals surface area contributed by atoms with Gasteiger partial charge in [0.1, 0.15) is 5.75 Å². The number of carbonyl (C=O) groups excluding carboxylic acids is 1. The maximum atomic E-state index is 12.1. The molecular weight excluding hydrogens is 337 g/mol. The molecule has 0 aliphatic heterocycles. The molecule has 0 heterocycles. The van der Waals surface area contributed by atoms with E-state index in [0.717, 1.165) is 0 Å². The fourth-order valence-electron chi connectivity index (χ4n) is 1.15. The van der Waals surface area contributed by atoms with Crippen molar-refractivity contribution in [3.8, 4) is 5.75 Å². The zero-order valence-corrected chi connectivity index (χ0v) is 12.0. The number of nitrogens with one attached hydrogen (secondary N) is 1. The van der Waals surface area contributed by atoms with Crippen LogP contribution in [0.2, 0.25) is 0 Å². The van der Waals surface area contributed by atoms with Crippen LogP contribution in [0.5, 0.6) is 5.75 Å². The third-order valence-electron chi connectivity index (χ3n) is 2.01. The van der Waals surface area contributed by atoms with Gasteiger partial charge in [0, 0.05) is 12.1 Å². The number of benzene rings is 1. The topological polar surface area (TPSA) is 81.5 Å². The minimum absolute atomic E-state index is 0.103. The van der Waals surface area contributed by atoms with Crippen LogP contribution < -0.4 is 10.1 Å². The fraction of sp³-hybridized carbons (Fsp3) is 0.300. The van der Waals surface area contributed by atoms with Crippen LogP contribution in [0.15, 0.2) is 24.3 Å². The number of halogens is 4. The van der Waals surface area contributed by atoms with Crippen LogP contribution in [-0.4, -0.2) is 27.5 Å². The first-order valence-corrected chi connectivity index (χ1v) is 6.20. The number of hydrogen-bond donors (Lipinski definition) is 1. The summed E-state index contributed by atoms with van der Waals surface area (Å²) in [5.74, 6) is -0.922. The van der Waals surface area contributed by atoms with Gasteiger partial charge in [-0.3, -0.25) is 14.9 Å². The maximum absolute atomic E-state index is 12.1. The molecule has 0 radical (unpaired) electrons. The molecule has 0 aliphatic rings. The number of nitrogens with zero attached hydrogens (tertiary/aromatic N) is 1. The molecular formula is C10H8Cl3FN2O4. The molecule has 0 saturated carbocycles. The smallest absolute Gasteiger partial charge is 0.269 e. The van der Waals surface area contributed by atoms with Crippen molar-refractivity contribution in [2.24, 2.45) is 0 Å². The van der Waals surface area contributed by atoms with Crippen LogP contribution in [-0.2, 0) is 4.79 Å². The lowest BCUT2D eigenvalue weighted by Crippen LogP contribution is -2.48. The predicted octanol–water partition coefficient (Wildman–Crippen LogP) is 2.76. The highest BCUT2D eigenvalue weighted by atomic mass is 35.6. The SMILES string of the molecule is O=C(CF)N[C@H](Oc1ccc([N+](=O)[O-])cc1)C(Cl)(Cl)Cl. The summed E-state index contributed by atoms with van der Waals surface area (Å²) in [4.78, 5) is 20.9. The first-order chi connectivity index (χ1) is 9.24. The van der Waals surface area contributed by atoms with Crippen molar-refractivity contribution in [2.45, 2.75) is 10.0 Å². The average molecular weight is 346 g/mol. The molecule has 1 N–H and O–H groups in total. The Labute approximate surface area is 127 Å². The number of rotatable bonds is 5. The third kappa shape index (κ3) is 4.99. The van der Waals surface area contributed by atoms with Crippen LogP contribution in [0.1, 0.15) is 0 Å². The molecule has 1 aromatic carbocycles. The van der Waals surface area contributed by atoms with E-state index in [2.05, 4.69) is 0 Å². The molecule has 0 fully saturated rings. The van der Waals surface area contributed by atoms with Gasteiger partial charge in [0.2, 0.25) is 10.0 Å².